The first-order chi connectivity index (χ1) is 13.2. The predicted molar refractivity (Wildman–Crippen MR) is 105 cm³/mol. The summed E-state index contributed by atoms with van der Waals surface area (Å²) >= 11 is 1.52. The minimum atomic E-state index is 0.453. The first kappa shape index (κ1) is 19.1. The summed E-state index contributed by atoms with van der Waals surface area (Å²) in [6, 6.07) is 13.5. The predicted octanol–water partition coefficient (Wildman–Crippen LogP) is 4.62. The molecule has 3 aromatic rings. The van der Waals surface area contributed by atoms with Crippen LogP contribution < -0.4 is 14.2 Å². The van der Waals surface area contributed by atoms with E-state index < -0.39 is 0 Å². The molecule has 142 valence electrons. The number of nitrogens with zero attached hydrogens (tertiary/aromatic N) is 2. The number of thioether (sulfide) groups is 1. The second kappa shape index (κ2) is 9.32. The van der Waals surface area contributed by atoms with Crippen LogP contribution in [0.25, 0.3) is 11.5 Å². The molecule has 2 aromatic carbocycles. The quantitative estimate of drug-likeness (QED) is 0.392. The molecule has 0 saturated heterocycles. The fraction of sp³-hybridized carbons (Fsp3) is 0.300. The molecule has 0 aliphatic carbocycles. The molecule has 27 heavy (non-hydrogen) atoms. The van der Waals surface area contributed by atoms with E-state index in [1.54, 1.807) is 14.2 Å². The Bertz CT molecular complexity index is 882. The molecule has 1 heterocycles. The van der Waals surface area contributed by atoms with E-state index in [-0.39, 0.29) is 0 Å². The monoisotopic (exact) mass is 386 g/mol. The summed E-state index contributed by atoms with van der Waals surface area (Å²) in [4.78, 5) is 0. The third-order valence-electron chi connectivity index (χ3n) is 3.81. The van der Waals surface area contributed by atoms with E-state index in [9.17, 15) is 0 Å². The van der Waals surface area contributed by atoms with Crippen LogP contribution in [0.1, 0.15) is 12.0 Å². The highest BCUT2D eigenvalue weighted by Crippen LogP contribution is 2.32. The van der Waals surface area contributed by atoms with Crippen LogP contribution in [-0.4, -0.2) is 36.8 Å². The smallest absolute Gasteiger partial charge is 0.276 e. The van der Waals surface area contributed by atoms with Gasteiger partial charge in [-0.3, -0.25) is 0 Å². The number of hydrogen-bond acceptors (Lipinski definition) is 7. The van der Waals surface area contributed by atoms with Crippen molar-refractivity contribution in [1.29, 1.82) is 0 Å². The van der Waals surface area contributed by atoms with Crippen molar-refractivity contribution in [2.45, 2.75) is 18.6 Å². The number of aromatic nitrogens is 2. The van der Waals surface area contributed by atoms with E-state index >= 15 is 0 Å². The van der Waals surface area contributed by atoms with Crippen LogP contribution in [0.5, 0.6) is 17.2 Å². The standard InChI is InChI=1S/C20H22N2O4S/c1-14-6-4-7-16(12-14)25-10-5-11-27-20-22-21-19(26-20)15-8-9-17(23-2)18(13-15)24-3/h4,6-9,12-13H,5,10-11H2,1-3H3. The van der Waals surface area contributed by atoms with Crippen molar-refractivity contribution < 1.29 is 18.6 Å². The van der Waals surface area contributed by atoms with Gasteiger partial charge in [0.1, 0.15) is 5.75 Å². The van der Waals surface area contributed by atoms with E-state index in [0.29, 0.717) is 29.2 Å². The highest BCUT2D eigenvalue weighted by atomic mass is 32.2. The van der Waals surface area contributed by atoms with Crippen LogP contribution in [0.15, 0.2) is 52.1 Å². The molecule has 0 fully saturated rings. The zero-order valence-corrected chi connectivity index (χ0v) is 16.4. The normalized spacial score (nSPS) is 10.6. The molecule has 6 nitrogen and oxygen atoms in total. The maximum absolute atomic E-state index is 5.74. The lowest BCUT2D eigenvalue weighted by Crippen LogP contribution is -1.98. The van der Waals surface area contributed by atoms with Gasteiger partial charge in [0.05, 0.1) is 20.8 Å². The van der Waals surface area contributed by atoms with Crippen LogP contribution >= 0.6 is 11.8 Å². The van der Waals surface area contributed by atoms with Crippen LogP contribution in [0, 0.1) is 6.92 Å². The minimum absolute atomic E-state index is 0.453. The maximum atomic E-state index is 5.74. The number of benzene rings is 2. The van der Waals surface area contributed by atoms with E-state index in [1.165, 1.54) is 17.3 Å². The Morgan fingerprint density at radius 3 is 2.63 bits per heavy atom. The summed E-state index contributed by atoms with van der Waals surface area (Å²) in [6.07, 6.45) is 0.882. The molecule has 0 unspecified atom stereocenters. The molecule has 0 bridgehead atoms. The second-order valence-electron chi connectivity index (χ2n) is 5.81. The number of hydrogen-bond donors (Lipinski definition) is 0. The summed E-state index contributed by atoms with van der Waals surface area (Å²) in [5.74, 6) is 3.46. The molecule has 0 aliphatic rings. The van der Waals surface area contributed by atoms with Crippen molar-refractivity contribution in [2.75, 3.05) is 26.6 Å². The van der Waals surface area contributed by atoms with Gasteiger partial charge in [-0.15, -0.1) is 10.2 Å². The number of aryl methyl sites for hydroxylation is 1. The second-order valence-corrected chi connectivity index (χ2v) is 6.86. The molecule has 0 aliphatic heterocycles. The Balaban J connectivity index is 1.49. The zero-order chi connectivity index (χ0) is 19.1. The van der Waals surface area contributed by atoms with E-state index in [1.807, 2.05) is 49.4 Å². The topological polar surface area (TPSA) is 66.6 Å². The van der Waals surface area contributed by atoms with Gasteiger partial charge >= 0.3 is 0 Å². The SMILES string of the molecule is COc1ccc(-c2nnc(SCCCOc3cccc(C)c3)o2)cc1OC. The first-order valence-corrected chi connectivity index (χ1v) is 9.56. The Labute approximate surface area is 162 Å². The highest BCUT2D eigenvalue weighted by molar-refractivity contribution is 7.99. The average Bonchev–Trinajstić information content (AvgIpc) is 3.16. The maximum Gasteiger partial charge on any atom is 0.276 e. The largest absolute Gasteiger partial charge is 0.494 e. The molecule has 0 radical (unpaired) electrons. The molecular formula is C20H22N2O4S. The van der Waals surface area contributed by atoms with Gasteiger partial charge in [0, 0.05) is 11.3 Å². The summed E-state index contributed by atoms with van der Waals surface area (Å²) in [6.45, 7) is 2.70. The van der Waals surface area contributed by atoms with Crippen LogP contribution in [0.2, 0.25) is 0 Å². The van der Waals surface area contributed by atoms with Gasteiger partial charge in [0.15, 0.2) is 11.5 Å². The van der Waals surface area contributed by atoms with Gasteiger partial charge in [0.2, 0.25) is 5.89 Å². The van der Waals surface area contributed by atoms with E-state index in [2.05, 4.69) is 10.2 Å². The average molecular weight is 386 g/mol. The van der Waals surface area contributed by atoms with Gasteiger partial charge < -0.3 is 18.6 Å². The van der Waals surface area contributed by atoms with Gasteiger partial charge in [-0.2, -0.15) is 0 Å². The van der Waals surface area contributed by atoms with E-state index in [0.717, 1.165) is 23.5 Å². The molecule has 7 heteroatoms. The third-order valence-corrected chi connectivity index (χ3v) is 4.71. The minimum Gasteiger partial charge on any atom is -0.494 e. The van der Waals surface area contributed by atoms with Crippen LogP contribution in [0.4, 0.5) is 0 Å². The fourth-order valence-electron chi connectivity index (χ4n) is 2.47. The molecule has 0 spiro atoms. The summed E-state index contributed by atoms with van der Waals surface area (Å²) in [7, 11) is 3.19. The first-order valence-electron chi connectivity index (χ1n) is 8.58. The lowest BCUT2D eigenvalue weighted by molar-refractivity contribution is 0.318. The van der Waals surface area contributed by atoms with Gasteiger partial charge in [-0.1, -0.05) is 23.9 Å². The summed E-state index contributed by atoms with van der Waals surface area (Å²) < 4.78 is 22.0. The molecule has 0 N–H and O–H groups in total. The Morgan fingerprint density at radius 1 is 1.00 bits per heavy atom. The van der Waals surface area contributed by atoms with E-state index in [4.69, 9.17) is 18.6 Å². The fourth-order valence-corrected chi connectivity index (χ4v) is 3.14. The Hall–Kier alpha value is -2.67. The van der Waals surface area contributed by atoms with Crippen molar-refractivity contribution >= 4 is 11.8 Å². The molecule has 3 rings (SSSR count). The lowest BCUT2D eigenvalue weighted by Gasteiger charge is -2.07. The van der Waals surface area contributed by atoms with Crippen molar-refractivity contribution in [2.24, 2.45) is 0 Å². The summed E-state index contributed by atoms with van der Waals surface area (Å²) in [5, 5.41) is 8.74. The molecular weight excluding hydrogens is 364 g/mol. The van der Waals surface area contributed by atoms with Gasteiger partial charge in [-0.05, 0) is 49.2 Å². The number of ether oxygens (including phenoxy) is 3. The van der Waals surface area contributed by atoms with Crippen molar-refractivity contribution in [3.8, 4) is 28.7 Å². The third kappa shape index (κ3) is 5.17. The Kier molecular flexibility index (Phi) is 6.59. The van der Waals surface area contributed by atoms with Crippen LogP contribution in [-0.2, 0) is 0 Å². The number of methoxy groups -OCH3 is 2. The van der Waals surface area contributed by atoms with Crippen molar-refractivity contribution in [3.05, 3.63) is 48.0 Å². The molecule has 0 saturated carbocycles. The molecule has 0 atom stereocenters. The zero-order valence-electron chi connectivity index (χ0n) is 15.6. The highest BCUT2D eigenvalue weighted by Gasteiger charge is 2.12. The lowest BCUT2D eigenvalue weighted by atomic mass is 10.2. The summed E-state index contributed by atoms with van der Waals surface area (Å²) in [5.41, 5.74) is 1.98. The molecule has 0 amide bonds. The van der Waals surface area contributed by atoms with Crippen LogP contribution in [0.3, 0.4) is 0 Å². The molecule has 1 aromatic heterocycles. The Morgan fingerprint density at radius 2 is 1.85 bits per heavy atom. The van der Waals surface area contributed by atoms with Gasteiger partial charge in [-0.25, -0.2) is 0 Å². The van der Waals surface area contributed by atoms with Crippen molar-refractivity contribution in [3.63, 3.8) is 0 Å². The van der Waals surface area contributed by atoms with Gasteiger partial charge in [0.25, 0.3) is 5.22 Å². The van der Waals surface area contributed by atoms with Crippen molar-refractivity contribution in [1.82, 2.24) is 10.2 Å². The number of rotatable bonds is 9.